The molecule has 0 aromatic heterocycles. The molecule has 10 heteroatoms. The molecule has 1 aromatic carbocycles. The summed E-state index contributed by atoms with van der Waals surface area (Å²) in [7, 11) is 1.02. The summed E-state index contributed by atoms with van der Waals surface area (Å²) in [5.41, 5.74) is -1.86. The Balaban J connectivity index is 3.63. The number of carboxylic acids is 2. The first-order chi connectivity index (χ1) is 9.70. The summed E-state index contributed by atoms with van der Waals surface area (Å²) >= 11 is 5.72. The van der Waals surface area contributed by atoms with E-state index in [1.807, 2.05) is 0 Å². The van der Waals surface area contributed by atoms with Gasteiger partial charge in [-0.1, -0.05) is 11.6 Å². The minimum Gasteiger partial charge on any atom is -0.480 e. The van der Waals surface area contributed by atoms with Crippen LogP contribution < -0.4 is 0 Å². The van der Waals surface area contributed by atoms with Gasteiger partial charge in [0.15, 0.2) is 5.92 Å². The minimum atomic E-state index is -2.19. The zero-order valence-electron chi connectivity index (χ0n) is 10.4. The molecular weight excluding hydrogens is 310 g/mol. The quantitative estimate of drug-likeness (QED) is 0.357. The first-order valence-corrected chi connectivity index (χ1v) is 5.60. The lowest BCUT2D eigenvalue weighted by Crippen LogP contribution is -2.22. The second kappa shape index (κ2) is 6.18. The molecule has 2 N–H and O–H groups in total. The monoisotopic (exact) mass is 317 g/mol. The molecule has 0 bridgehead atoms. The Labute approximate surface area is 121 Å². The van der Waals surface area contributed by atoms with Gasteiger partial charge in [-0.15, -0.1) is 0 Å². The maximum atomic E-state index is 11.4. The first-order valence-electron chi connectivity index (χ1n) is 5.22. The van der Waals surface area contributed by atoms with E-state index in [0.717, 1.165) is 13.2 Å². The Morgan fingerprint density at radius 1 is 1.29 bits per heavy atom. The molecule has 1 rings (SSSR count). The van der Waals surface area contributed by atoms with Crippen LogP contribution in [0.5, 0.6) is 0 Å². The normalized spacial score (nSPS) is 10.2. The Morgan fingerprint density at radius 3 is 2.19 bits per heavy atom. The molecule has 112 valence electrons. The van der Waals surface area contributed by atoms with Gasteiger partial charge in [0.05, 0.1) is 28.2 Å². The van der Waals surface area contributed by atoms with Crippen molar-refractivity contribution in [2.45, 2.75) is 5.92 Å². The Kier molecular flexibility index (Phi) is 4.82. The fourth-order valence-corrected chi connectivity index (χ4v) is 1.85. The number of nitro benzene ring substituents is 1. The van der Waals surface area contributed by atoms with E-state index >= 15 is 0 Å². The lowest BCUT2D eigenvalue weighted by Gasteiger charge is -2.11. The molecule has 0 saturated heterocycles. The van der Waals surface area contributed by atoms with E-state index in [-0.39, 0.29) is 10.6 Å². The van der Waals surface area contributed by atoms with Crippen molar-refractivity contribution in [1.29, 1.82) is 0 Å². The third-order valence-corrected chi connectivity index (χ3v) is 2.84. The molecular formula is C11H8ClNO8. The van der Waals surface area contributed by atoms with E-state index < -0.39 is 40.0 Å². The van der Waals surface area contributed by atoms with Crippen molar-refractivity contribution < 1.29 is 34.3 Å². The van der Waals surface area contributed by atoms with Crippen molar-refractivity contribution in [2.75, 3.05) is 7.11 Å². The van der Waals surface area contributed by atoms with Crippen LogP contribution in [0.4, 0.5) is 5.69 Å². The van der Waals surface area contributed by atoms with Crippen molar-refractivity contribution in [3.8, 4) is 0 Å². The third-order valence-electron chi connectivity index (χ3n) is 2.52. The van der Waals surface area contributed by atoms with E-state index in [1.165, 1.54) is 0 Å². The fourth-order valence-electron chi connectivity index (χ4n) is 1.60. The van der Waals surface area contributed by atoms with Gasteiger partial charge in [0.1, 0.15) is 0 Å². The molecule has 0 radical (unpaired) electrons. The van der Waals surface area contributed by atoms with Gasteiger partial charge < -0.3 is 14.9 Å². The highest BCUT2D eigenvalue weighted by molar-refractivity contribution is 6.33. The molecule has 0 saturated carbocycles. The van der Waals surface area contributed by atoms with Gasteiger partial charge in [0.2, 0.25) is 0 Å². The molecule has 1 aromatic rings. The third kappa shape index (κ3) is 3.26. The van der Waals surface area contributed by atoms with Crippen LogP contribution in [-0.4, -0.2) is 40.2 Å². The van der Waals surface area contributed by atoms with E-state index in [9.17, 15) is 24.5 Å². The van der Waals surface area contributed by atoms with Crippen molar-refractivity contribution >= 4 is 35.2 Å². The van der Waals surface area contributed by atoms with Crippen LogP contribution in [0.25, 0.3) is 0 Å². The Hall–Kier alpha value is -2.68. The molecule has 9 nitrogen and oxygen atoms in total. The highest BCUT2D eigenvalue weighted by atomic mass is 35.5. The van der Waals surface area contributed by atoms with E-state index in [2.05, 4.69) is 4.74 Å². The number of methoxy groups -OCH3 is 1. The summed E-state index contributed by atoms with van der Waals surface area (Å²) in [6.45, 7) is 0. The van der Waals surface area contributed by atoms with Gasteiger partial charge in [0, 0.05) is 6.07 Å². The smallest absolute Gasteiger partial charge is 0.339 e. The van der Waals surface area contributed by atoms with Crippen LogP contribution in [0.1, 0.15) is 21.8 Å². The molecule has 0 unspecified atom stereocenters. The number of ether oxygens (including phenoxy) is 1. The van der Waals surface area contributed by atoms with Crippen molar-refractivity contribution in [3.63, 3.8) is 0 Å². The summed E-state index contributed by atoms with van der Waals surface area (Å²) in [6.07, 6.45) is 0. The number of aliphatic carboxylic acids is 2. The predicted molar refractivity (Wildman–Crippen MR) is 67.5 cm³/mol. The van der Waals surface area contributed by atoms with Gasteiger partial charge in [-0.05, 0) is 6.07 Å². The second-order valence-corrected chi connectivity index (χ2v) is 4.16. The number of halogens is 1. The number of hydrogen-bond acceptors (Lipinski definition) is 6. The molecule has 0 heterocycles. The van der Waals surface area contributed by atoms with Gasteiger partial charge in [-0.2, -0.15) is 0 Å². The van der Waals surface area contributed by atoms with Crippen molar-refractivity contribution in [1.82, 2.24) is 0 Å². The van der Waals surface area contributed by atoms with Gasteiger partial charge in [-0.25, -0.2) is 4.79 Å². The summed E-state index contributed by atoms with van der Waals surface area (Å²) in [4.78, 5) is 43.3. The molecule has 0 aliphatic carbocycles. The second-order valence-electron chi connectivity index (χ2n) is 3.75. The number of nitrogens with zero attached hydrogens (tertiary/aromatic N) is 1. The molecule has 0 aliphatic rings. The summed E-state index contributed by atoms with van der Waals surface area (Å²) < 4.78 is 4.37. The number of rotatable bonds is 5. The van der Waals surface area contributed by atoms with Gasteiger partial charge in [-0.3, -0.25) is 19.7 Å². The number of esters is 1. The average Bonchev–Trinajstić information content (AvgIpc) is 2.36. The summed E-state index contributed by atoms with van der Waals surface area (Å²) in [6, 6.07) is 1.45. The van der Waals surface area contributed by atoms with Gasteiger partial charge >= 0.3 is 17.9 Å². The minimum absolute atomic E-state index is 0.352. The molecule has 0 aliphatic heterocycles. The molecule has 0 fully saturated rings. The number of carboxylic acid groups (broad SMARTS) is 2. The van der Waals surface area contributed by atoms with Crippen LogP contribution in [0.15, 0.2) is 12.1 Å². The maximum absolute atomic E-state index is 11.4. The van der Waals surface area contributed by atoms with Crippen LogP contribution in [0.3, 0.4) is 0 Å². The Morgan fingerprint density at radius 2 is 1.81 bits per heavy atom. The zero-order valence-corrected chi connectivity index (χ0v) is 11.2. The van der Waals surface area contributed by atoms with Crippen LogP contribution in [0.2, 0.25) is 5.02 Å². The molecule has 0 atom stereocenters. The van der Waals surface area contributed by atoms with E-state index in [4.69, 9.17) is 21.8 Å². The first kappa shape index (κ1) is 16.4. The highest BCUT2D eigenvalue weighted by Gasteiger charge is 2.35. The number of carbonyl (C=O) groups excluding carboxylic acids is 1. The summed E-state index contributed by atoms with van der Waals surface area (Å²) in [5, 5.41) is 28.4. The van der Waals surface area contributed by atoms with Crippen LogP contribution in [0, 0.1) is 10.1 Å². The largest absolute Gasteiger partial charge is 0.480 e. The lowest BCUT2D eigenvalue weighted by molar-refractivity contribution is -0.385. The standard InChI is InChI=1S/C11H8ClNO8/c1-21-11(18)4-3-7(13(19)20)5(2-6(4)12)8(9(14)15)10(16)17/h2-3,8H,1H3,(H,14,15)(H,16,17). The van der Waals surface area contributed by atoms with Crippen LogP contribution >= 0.6 is 11.6 Å². The average molecular weight is 318 g/mol. The number of hydrogen-bond donors (Lipinski definition) is 2. The van der Waals surface area contributed by atoms with E-state index in [1.54, 1.807) is 0 Å². The maximum Gasteiger partial charge on any atom is 0.339 e. The summed E-state index contributed by atoms with van der Waals surface area (Å²) in [5.74, 6) is -6.76. The molecule has 0 amide bonds. The van der Waals surface area contributed by atoms with E-state index in [0.29, 0.717) is 6.07 Å². The predicted octanol–water partition coefficient (Wildman–Crippen LogP) is 1.29. The van der Waals surface area contributed by atoms with Gasteiger partial charge in [0.25, 0.3) is 5.69 Å². The number of carbonyl (C=O) groups is 3. The highest BCUT2D eigenvalue weighted by Crippen LogP contribution is 2.33. The van der Waals surface area contributed by atoms with Crippen LogP contribution in [-0.2, 0) is 14.3 Å². The topological polar surface area (TPSA) is 144 Å². The zero-order chi connectivity index (χ0) is 16.3. The molecule has 0 spiro atoms. The molecule has 21 heavy (non-hydrogen) atoms. The fraction of sp³-hybridized carbons (Fsp3) is 0.182. The lowest BCUT2D eigenvalue weighted by atomic mass is 9.96. The Bertz CT molecular complexity index is 627. The SMILES string of the molecule is COC(=O)c1cc([N+](=O)[O-])c(C(C(=O)O)C(=O)O)cc1Cl. The van der Waals surface area contributed by atoms with Crippen molar-refractivity contribution in [3.05, 3.63) is 38.4 Å². The van der Waals surface area contributed by atoms with Crippen molar-refractivity contribution in [2.24, 2.45) is 0 Å². The number of benzene rings is 1. The number of nitro groups is 1.